The molecule has 0 spiro atoms. The molecular weight excluding hydrogens is 242 g/mol. The average molecular weight is 263 g/mol. The molecule has 19 heavy (non-hydrogen) atoms. The monoisotopic (exact) mass is 263 g/mol. The molecule has 104 valence electrons. The predicted octanol–water partition coefficient (Wildman–Crippen LogP) is 3.05. The molecule has 0 fully saturated rings. The Hall–Kier alpha value is -1.52. The Kier molecular flexibility index (Phi) is 4.82. The molecule has 1 aromatic heterocycles. The van der Waals surface area contributed by atoms with Crippen molar-refractivity contribution in [3.8, 4) is 5.75 Å². The third-order valence-electron chi connectivity index (χ3n) is 3.11. The van der Waals surface area contributed by atoms with E-state index in [1.165, 1.54) is 0 Å². The van der Waals surface area contributed by atoms with Crippen LogP contribution in [0, 0.1) is 0 Å². The third-order valence-corrected chi connectivity index (χ3v) is 3.11. The molecule has 0 amide bonds. The fourth-order valence-corrected chi connectivity index (χ4v) is 2.10. The van der Waals surface area contributed by atoms with Gasteiger partial charge in [0.15, 0.2) is 6.29 Å². The first kappa shape index (κ1) is 13.9. The third kappa shape index (κ3) is 3.08. The Labute approximate surface area is 113 Å². The molecule has 0 N–H and O–H groups in total. The summed E-state index contributed by atoms with van der Waals surface area (Å²) in [6.45, 7) is 3.50. The van der Waals surface area contributed by atoms with Crippen LogP contribution in [0.5, 0.6) is 5.75 Å². The molecule has 0 aliphatic rings. The van der Waals surface area contributed by atoms with E-state index in [9.17, 15) is 0 Å². The highest BCUT2D eigenvalue weighted by atomic mass is 16.7. The molecule has 2 aromatic rings. The van der Waals surface area contributed by atoms with Gasteiger partial charge in [0, 0.05) is 25.8 Å². The van der Waals surface area contributed by atoms with Gasteiger partial charge in [-0.05, 0) is 24.6 Å². The van der Waals surface area contributed by atoms with Crippen molar-refractivity contribution in [1.82, 2.24) is 4.57 Å². The molecular formula is C15H21NO3. The van der Waals surface area contributed by atoms with Crippen LogP contribution < -0.4 is 4.74 Å². The second-order valence-electron chi connectivity index (χ2n) is 4.41. The molecule has 0 aliphatic carbocycles. The summed E-state index contributed by atoms with van der Waals surface area (Å²) in [5.74, 6) is 0.935. The van der Waals surface area contributed by atoms with Gasteiger partial charge in [0.1, 0.15) is 5.75 Å². The Balaban J connectivity index is 2.27. The standard InChI is InChI=1S/C15H21NO3/c1-4-10-19-14-7-5-6-13-12(14)8-9-16(13)11-15(17-2)18-3/h5-9,15H,4,10-11H2,1-3H3. The van der Waals surface area contributed by atoms with Crippen LogP contribution in [0.25, 0.3) is 10.9 Å². The van der Waals surface area contributed by atoms with E-state index in [0.29, 0.717) is 6.54 Å². The molecule has 4 heteroatoms. The maximum Gasteiger partial charge on any atom is 0.174 e. The van der Waals surface area contributed by atoms with Crippen molar-refractivity contribution in [3.05, 3.63) is 30.5 Å². The Bertz CT molecular complexity index is 517. The smallest absolute Gasteiger partial charge is 0.174 e. The minimum atomic E-state index is -0.240. The highest BCUT2D eigenvalue weighted by Gasteiger charge is 2.10. The summed E-state index contributed by atoms with van der Waals surface area (Å²) in [4.78, 5) is 0. The van der Waals surface area contributed by atoms with E-state index in [4.69, 9.17) is 14.2 Å². The Morgan fingerprint density at radius 1 is 1.16 bits per heavy atom. The van der Waals surface area contributed by atoms with Crippen LogP contribution in [-0.4, -0.2) is 31.7 Å². The second-order valence-corrected chi connectivity index (χ2v) is 4.41. The first-order chi connectivity index (χ1) is 9.30. The summed E-state index contributed by atoms with van der Waals surface area (Å²) in [6.07, 6.45) is 2.80. The van der Waals surface area contributed by atoms with Gasteiger partial charge >= 0.3 is 0 Å². The maximum absolute atomic E-state index is 5.76. The number of rotatable bonds is 7. The van der Waals surface area contributed by atoms with Crippen LogP contribution >= 0.6 is 0 Å². The lowest BCUT2D eigenvalue weighted by Crippen LogP contribution is -2.19. The molecule has 1 heterocycles. The van der Waals surface area contributed by atoms with Crippen molar-refractivity contribution < 1.29 is 14.2 Å². The molecule has 0 saturated heterocycles. The van der Waals surface area contributed by atoms with Crippen molar-refractivity contribution in [3.63, 3.8) is 0 Å². The van der Waals surface area contributed by atoms with Gasteiger partial charge in [-0.15, -0.1) is 0 Å². The zero-order chi connectivity index (χ0) is 13.7. The number of aromatic nitrogens is 1. The molecule has 0 saturated carbocycles. The molecule has 0 atom stereocenters. The molecule has 0 unspecified atom stereocenters. The zero-order valence-electron chi connectivity index (χ0n) is 11.8. The zero-order valence-corrected chi connectivity index (χ0v) is 11.8. The van der Waals surface area contributed by atoms with Crippen LogP contribution in [0.3, 0.4) is 0 Å². The van der Waals surface area contributed by atoms with Gasteiger partial charge in [-0.25, -0.2) is 0 Å². The predicted molar refractivity (Wildman–Crippen MR) is 75.5 cm³/mol. The van der Waals surface area contributed by atoms with E-state index in [2.05, 4.69) is 23.6 Å². The largest absolute Gasteiger partial charge is 0.493 e. The molecule has 0 bridgehead atoms. The number of ether oxygens (including phenoxy) is 3. The van der Waals surface area contributed by atoms with Gasteiger partial charge in [-0.3, -0.25) is 0 Å². The fourth-order valence-electron chi connectivity index (χ4n) is 2.10. The fraction of sp³-hybridized carbons (Fsp3) is 0.467. The summed E-state index contributed by atoms with van der Waals surface area (Å²) in [7, 11) is 3.30. The highest BCUT2D eigenvalue weighted by molar-refractivity contribution is 5.86. The number of methoxy groups -OCH3 is 2. The SMILES string of the molecule is CCCOc1cccc2c1ccn2CC(OC)OC. The minimum Gasteiger partial charge on any atom is -0.493 e. The van der Waals surface area contributed by atoms with Gasteiger partial charge in [-0.1, -0.05) is 13.0 Å². The molecule has 1 aromatic carbocycles. The van der Waals surface area contributed by atoms with Crippen LogP contribution in [0.1, 0.15) is 13.3 Å². The van der Waals surface area contributed by atoms with Gasteiger partial charge in [0.05, 0.1) is 18.7 Å². The van der Waals surface area contributed by atoms with E-state index >= 15 is 0 Å². The second kappa shape index (κ2) is 6.59. The van der Waals surface area contributed by atoms with Gasteiger partial charge in [0.2, 0.25) is 0 Å². The van der Waals surface area contributed by atoms with Crippen molar-refractivity contribution in [2.24, 2.45) is 0 Å². The van der Waals surface area contributed by atoms with E-state index in [0.717, 1.165) is 29.7 Å². The lowest BCUT2D eigenvalue weighted by molar-refractivity contribution is -0.110. The minimum absolute atomic E-state index is 0.240. The molecule has 2 rings (SSSR count). The average Bonchev–Trinajstić information content (AvgIpc) is 2.86. The van der Waals surface area contributed by atoms with Crippen molar-refractivity contribution >= 4 is 10.9 Å². The quantitative estimate of drug-likeness (QED) is 0.720. The summed E-state index contributed by atoms with van der Waals surface area (Å²) >= 11 is 0. The van der Waals surface area contributed by atoms with Crippen molar-refractivity contribution in [2.75, 3.05) is 20.8 Å². The lowest BCUT2D eigenvalue weighted by Gasteiger charge is -2.15. The van der Waals surface area contributed by atoms with Gasteiger partial charge in [-0.2, -0.15) is 0 Å². The molecule has 0 radical (unpaired) electrons. The summed E-state index contributed by atoms with van der Waals surface area (Å²) in [6, 6.07) is 8.17. The van der Waals surface area contributed by atoms with E-state index in [-0.39, 0.29) is 6.29 Å². The summed E-state index contributed by atoms with van der Waals surface area (Å²) < 4.78 is 18.4. The van der Waals surface area contributed by atoms with E-state index < -0.39 is 0 Å². The first-order valence-corrected chi connectivity index (χ1v) is 6.56. The maximum atomic E-state index is 5.76. The lowest BCUT2D eigenvalue weighted by atomic mass is 10.2. The Morgan fingerprint density at radius 2 is 1.95 bits per heavy atom. The highest BCUT2D eigenvalue weighted by Crippen LogP contribution is 2.27. The van der Waals surface area contributed by atoms with Crippen LogP contribution in [-0.2, 0) is 16.0 Å². The van der Waals surface area contributed by atoms with Crippen molar-refractivity contribution in [1.29, 1.82) is 0 Å². The van der Waals surface area contributed by atoms with Crippen LogP contribution in [0.2, 0.25) is 0 Å². The number of fused-ring (bicyclic) bond motifs is 1. The van der Waals surface area contributed by atoms with E-state index in [1.807, 2.05) is 18.3 Å². The Morgan fingerprint density at radius 3 is 2.63 bits per heavy atom. The van der Waals surface area contributed by atoms with E-state index in [1.54, 1.807) is 14.2 Å². The van der Waals surface area contributed by atoms with Gasteiger partial charge in [0.25, 0.3) is 0 Å². The topological polar surface area (TPSA) is 32.6 Å². The number of hydrogen-bond acceptors (Lipinski definition) is 3. The molecule has 0 aliphatic heterocycles. The number of nitrogens with zero attached hydrogens (tertiary/aromatic N) is 1. The molecule has 4 nitrogen and oxygen atoms in total. The van der Waals surface area contributed by atoms with Gasteiger partial charge < -0.3 is 18.8 Å². The number of hydrogen-bond donors (Lipinski definition) is 0. The van der Waals surface area contributed by atoms with Crippen LogP contribution in [0.15, 0.2) is 30.5 Å². The van der Waals surface area contributed by atoms with Crippen LogP contribution in [0.4, 0.5) is 0 Å². The normalized spacial score (nSPS) is 11.4. The number of benzene rings is 1. The first-order valence-electron chi connectivity index (χ1n) is 6.56. The summed E-state index contributed by atoms with van der Waals surface area (Å²) in [5.41, 5.74) is 1.13. The summed E-state index contributed by atoms with van der Waals surface area (Å²) in [5, 5.41) is 1.13. The van der Waals surface area contributed by atoms with Crippen molar-refractivity contribution in [2.45, 2.75) is 26.2 Å².